The van der Waals surface area contributed by atoms with Gasteiger partial charge in [0.2, 0.25) is 4.77 Å². The van der Waals surface area contributed by atoms with Crippen LogP contribution in [0, 0.1) is 16.5 Å². The van der Waals surface area contributed by atoms with E-state index in [-0.39, 0.29) is 5.82 Å². The maximum absolute atomic E-state index is 13.4. The number of hydrogen-bond acceptors (Lipinski definition) is 3. The molecule has 3 aromatic rings. The van der Waals surface area contributed by atoms with Gasteiger partial charge in [0, 0.05) is 12.1 Å². The SMILES string of the molecule is CN(CC1CC1)Cn1nc(-c2ccccc2)n(-c2ccc(F)cc2)c1=S. The van der Waals surface area contributed by atoms with Gasteiger partial charge in [0.25, 0.3) is 0 Å². The molecule has 0 atom stereocenters. The summed E-state index contributed by atoms with van der Waals surface area (Å²) in [5.74, 6) is 1.31. The minimum atomic E-state index is -0.266. The Morgan fingerprint density at radius 3 is 2.46 bits per heavy atom. The van der Waals surface area contributed by atoms with Gasteiger partial charge in [-0.3, -0.25) is 9.47 Å². The fourth-order valence-electron chi connectivity index (χ4n) is 3.12. The summed E-state index contributed by atoms with van der Waals surface area (Å²) in [6.07, 6.45) is 2.63. The minimum absolute atomic E-state index is 0.266. The molecule has 0 saturated heterocycles. The van der Waals surface area contributed by atoms with Crippen LogP contribution in [0.1, 0.15) is 12.8 Å². The summed E-state index contributed by atoms with van der Waals surface area (Å²) in [6, 6.07) is 16.3. The van der Waals surface area contributed by atoms with Crippen LogP contribution in [-0.2, 0) is 6.67 Å². The molecular formula is C20H21FN4S. The molecule has 6 heteroatoms. The third-order valence-electron chi connectivity index (χ3n) is 4.60. The fraction of sp³-hybridized carbons (Fsp3) is 0.300. The molecule has 0 radical (unpaired) electrons. The zero-order valence-electron chi connectivity index (χ0n) is 14.7. The number of rotatable bonds is 6. The van der Waals surface area contributed by atoms with Crippen molar-refractivity contribution in [2.75, 3.05) is 13.6 Å². The number of aromatic nitrogens is 3. The number of halogens is 1. The van der Waals surface area contributed by atoms with E-state index in [4.69, 9.17) is 17.3 Å². The third kappa shape index (κ3) is 3.61. The standard InChI is InChI=1S/C20H21FN4S/c1-23(13-15-7-8-15)14-24-20(26)25(18-11-9-17(21)10-12-18)19(22-24)16-5-3-2-4-6-16/h2-6,9-12,15H,7-8,13-14H2,1H3. The van der Waals surface area contributed by atoms with Crippen molar-refractivity contribution in [3.05, 3.63) is 65.2 Å². The van der Waals surface area contributed by atoms with E-state index in [0.717, 1.165) is 29.5 Å². The first-order valence-electron chi connectivity index (χ1n) is 8.81. The number of nitrogens with zero attached hydrogens (tertiary/aromatic N) is 4. The Morgan fingerprint density at radius 1 is 1.12 bits per heavy atom. The van der Waals surface area contributed by atoms with Crippen molar-refractivity contribution >= 4 is 12.2 Å². The number of benzene rings is 2. The van der Waals surface area contributed by atoms with Gasteiger partial charge in [0.1, 0.15) is 5.82 Å². The van der Waals surface area contributed by atoms with E-state index in [1.54, 1.807) is 12.1 Å². The van der Waals surface area contributed by atoms with Gasteiger partial charge >= 0.3 is 0 Å². The molecule has 0 aliphatic heterocycles. The molecule has 0 spiro atoms. The van der Waals surface area contributed by atoms with Gasteiger partial charge in [-0.15, -0.1) is 5.10 Å². The van der Waals surface area contributed by atoms with Crippen LogP contribution in [0.15, 0.2) is 54.6 Å². The summed E-state index contributed by atoms with van der Waals surface area (Å²) in [7, 11) is 2.10. The second kappa shape index (κ2) is 7.13. The first-order chi connectivity index (χ1) is 12.6. The molecule has 0 bridgehead atoms. The van der Waals surface area contributed by atoms with Gasteiger partial charge in [-0.05, 0) is 62.3 Å². The average molecular weight is 368 g/mol. The molecule has 134 valence electrons. The Bertz CT molecular complexity index is 942. The van der Waals surface area contributed by atoms with E-state index in [1.807, 2.05) is 39.6 Å². The molecule has 4 nitrogen and oxygen atoms in total. The molecule has 1 aliphatic carbocycles. The van der Waals surface area contributed by atoms with Crippen LogP contribution in [0.2, 0.25) is 0 Å². The quantitative estimate of drug-likeness (QED) is 0.599. The largest absolute Gasteiger partial charge is 0.287 e. The van der Waals surface area contributed by atoms with Gasteiger partial charge in [-0.1, -0.05) is 30.3 Å². The van der Waals surface area contributed by atoms with Crippen LogP contribution < -0.4 is 0 Å². The first kappa shape index (κ1) is 17.1. The Kier molecular flexibility index (Phi) is 4.70. The van der Waals surface area contributed by atoms with E-state index >= 15 is 0 Å². The maximum Gasteiger partial charge on any atom is 0.204 e. The van der Waals surface area contributed by atoms with Gasteiger partial charge in [-0.2, -0.15) is 0 Å². The monoisotopic (exact) mass is 368 g/mol. The highest BCUT2D eigenvalue weighted by Gasteiger charge is 2.23. The Labute approximate surface area is 157 Å². The highest BCUT2D eigenvalue weighted by molar-refractivity contribution is 7.71. The van der Waals surface area contributed by atoms with E-state index in [9.17, 15) is 4.39 Å². The predicted octanol–water partition coefficient (Wildman–Crippen LogP) is 4.51. The van der Waals surface area contributed by atoms with Crippen LogP contribution >= 0.6 is 12.2 Å². The molecular weight excluding hydrogens is 347 g/mol. The topological polar surface area (TPSA) is 26.0 Å². The van der Waals surface area contributed by atoms with Gasteiger partial charge < -0.3 is 0 Å². The molecule has 1 saturated carbocycles. The van der Waals surface area contributed by atoms with Crippen molar-refractivity contribution in [2.45, 2.75) is 19.5 Å². The molecule has 4 rings (SSSR count). The molecule has 2 aromatic carbocycles. The predicted molar refractivity (Wildman–Crippen MR) is 103 cm³/mol. The smallest absolute Gasteiger partial charge is 0.204 e. The number of hydrogen-bond donors (Lipinski definition) is 0. The average Bonchev–Trinajstić information content (AvgIpc) is 3.40. The van der Waals surface area contributed by atoms with E-state index in [0.29, 0.717) is 11.4 Å². The van der Waals surface area contributed by atoms with E-state index in [2.05, 4.69) is 11.9 Å². The summed E-state index contributed by atoms with van der Waals surface area (Å²) in [5, 5.41) is 4.79. The van der Waals surface area contributed by atoms with Crippen molar-refractivity contribution < 1.29 is 4.39 Å². The van der Waals surface area contributed by atoms with Crippen LogP contribution in [0.4, 0.5) is 4.39 Å². The highest BCUT2D eigenvalue weighted by Crippen LogP contribution is 2.29. The Morgan fingerprint density at radius 2 is 1.81 bits per heavy atom. The van der Waals surface area contributed by atoms with Crippen molar-refractivity contribution in [2.24, 2.45) is 5.92 Å². The molecule has 0 N–H and O–H groups in total. The maximum atomic E-state index is 13.4. The van der Waals surface area contributed by atoms with Crippen molar-refractivity contribution in [3.63, 3.8) is 0 Å². The van der Waals surface area contributed by atoms with Crippen molar-refractivity contribution in [1.29, 1.82) is 0 Å². The van der Waals surface area contributed by atoms with Crippen molar-refractivity contribution in [1.82, 2.24) is 19.2 Å². The van der Waals surface area contributed by atoms with E-state index in [1.165, 1.54) is 25.0 Å². The summed E-state index contributed by atoms with van der Waals surface area (Å²) < 4.78 is 17.7. The minimum Gasteiger partial charge on any atom is -0.287 e. The molecule has 0 amide bonds. The van der Waals surface area contributed by atoms with Crippen LogP contribution in [0.25, 0.3) is 17.1 Å². The van der Waals surface area contributed by atoms with Gasteiger partial charge in [-0.25, -0.2) is 9.07 Å². The van der Waals surface area contributed by atoms with Crippen LogP contribution in [0.5, 0.6) is 0 Å². The third-order valence-corrected chi connectivity index (χ3v) is 4.99. The molecule has 1 fully saturated rings. The molecule has 1 aromatic heterocycles. The zero-order chi connectivity index (χ0) is 18.1. The lowest BCUT2D eigenvalue weighted by molar-refractivity contribution is 0.243. The lowest BCUT2D eigenvalue weighted by Gasteiger charge is -2.15. The zero-order valence-corrected chi connectivity index (χ0v) is 15.5. The molecule has 1 heterocycles. The Hall–Kier alpha value is -2.31. The van der Waals surface area contributed by atoms with Crippen LogP contribution in [-0.4, -0.2) is 32.8 Å². The second-order valence-corrected chi connectivity index (χ2v) is 7.27. The summed E-state index contributed by atoms with van der Waals surface area (Å²) in [4.78, 5) is 2.25. The lowest BCUT2D eigenvalue weighted by atomic mass is 10.2. The van der Waals surface area contributed by atoms with Crippen LogP contribution in [0.3, 0.4) is 0 Å². The van der Waals surface area contributed by atoms with Gasteiger partial charge in [0.15, 0.2) is 5.82 Å². The second-order valence-electron chi connectivity index (χ2n) is 6.91. The Balaban J connectivity index is 1.76. The molecule has 1 aliphatic rings. The van der Waals surface area contributed by atoms with Crippen molar-refractivity contribution in [3.8, 4) is 17.1 Å². The summed E-state index contributed by atoms with van der Waals surface area (Å²) in [6.45, 7) is 1.70. The van der Waals surface area contributed by atoms with Gasteiger partial charge in [0.05, 0.1) is 12.4 Å². The lowest BCUT2D eigenvalue weighted by Crippen LogP contribution is -2.25. The van der Waals surface area contributed by atoms with E-state index < -0.39 is 0 Å². The normalized spacial score (nSPS) is 14.1. The fourth-order valence-corrected chi connectivity index (χ4v) is 3.41. The summed E-state index contributed by atoms with van der Waals surface area (Å²) >= 11 is 5.72. The molecule has 0 unspecified atom stereocenters. The molecule has 26 heavy (non-hydrogen) atoms. The first-order valence-corrected chi connectivity index (χ1v) is 9.22. The highest BCUT2D eigenvalue weighted by atomic mass is 32.1. The summed E-state index contributed by atoms with van der Waals surface area (Å²) in [5.41, 5.74) is 1.79.